The van der Waals surface area contributed by atoms with Crippen LogP contribution in [0.25, 0.3) is 33.7 Å². The number of hydrogen-bond donors (Lipinski definition) is 2. The maximum Gasteiger partial charge on any atom is 0.433 e. The lowest BCUT2D eigenvalue weighted by Crippen LogP contribution is -2.34. The van der Waals surface area contributed by atoms with Gasteiger partial charge in [-0.1, -0.05) is 0 Å². The molecule has 0 unspecified atom stereocenters. The van der Waals surface area contributed by atoms with E-state index in [0.29, 0.717) is 46.1 Å². The van der Waals surface area contributed by atoms with Crippen molar-refractivity contribution in [1.82, 2.24) is 39.5 Å². The van der Waals surface area contributed by atoms with Crippen molar-refractivity contribution in [2.75, 3.05) is 18.0 Å². The Labute approximate surface area is 207 Å². The molecule has 0 aromatic carbocycles. The van der Waals surface area contributed by atoms with Crippen molar-refractivity contribution in [2.45, 2.75) is 38.4 Å². The zero-order valence-electron chi connectivity index (χ0n) is 19.7. The number of halogens is 3. The van der Waals surface area contributed by atoms with Gasteiger partial charge >= 0.3 is 11.9 Å². The summed E-state index contributed by atoms with van der Waals surface area (Å²) < 4.78 is 40.8. The van der Waals surface area contributed by atoms with Gasteiger partial charge in [-0.3, -0.25) is 9.97 Å². The molecule has 2 N–H and O–H groups in total. The van der Waals surface area contributed by atoms with E-state index in [4.69, 9.17) is 4.98 Å². The molecule has 0 spiro atoms. The standard InChI is InChI=1S/C24H22F3N9O/c1-2-36-20(14-3-6-17(28-11-14)24(25,26)27)33-18-21(29-12-30-22(18)36)35-9-7-13(8-10-35)15-4-5-16-19(31-15)34-23(37)32-16/h3-6,11-13H,2,7-10H2,1H3,(H2,31,32,34,37). The molecule has 0 aliphatic carbocycles. The number of nitrogens with one attached hydrogen (secondary N) is 2. The molecule has 6 rings (SSSR count). The van der Waals surface area contributed by atoms with Gasteiger partial charge in [-0.2, -0.15) is 13.2 Å². The second-order valence-corrected chi connectivity index (χ2v) is 8.95. The summed E-state index contributed by atoms with van der Waals surface area (Å²) in [5.41, 5.74) is 2.63. The predicted molar refractivity (Wildman–Crippen MR) is 130 cm³/mol. The number of alkyl halides is 3. The third-order valence-electron chi connectivity index (χ3n) is 6.75. The van der Waals surface area contributed by atoms with E-state index in [1.165, 1.54) is 18.6 Å². The fourth-order valence-electron chi connectivity index (χ4n) is 4.92. The number of fused-ring (bicyclic) bond motifs is 2. The van der Waals surface area contributed by atoms with Gasteiger partial charge in [0.25, 0.3) is 0 Å². The Morgan fingerprint density at radius 1 is 1.03 bits per heavy atom. The van der Waals surface area contributed by atoms with Gasteiger partial charge in [0.15, 0.2) is 22.6 Å². The van der Waals surface area contributed by atoms with Gasteiger partial charge in [0.1, 0.15) is 17.8 Å². The Bertz CT molecular complexity index is 1640. The largest absolute Gasteiger partial charge is 0.433 e. The second kappa shape index (κ2) is 8.68. The Kier molecular flexibility index (Phi) is 5.42. The number of aryl methyl sites for hydroxylation is 1. The maximum atomic E-state index is 13.0. The highest BCUT2D eigenvalue weighted by Crippen LogP contribution is 2.34. The van der Waals surface area contributed by atoms with Crippen LogP contribution in [0.1, 0.15) is 37.1 Å². The van der Waals surface area contributed by atoms with Gasteiger partial charge in [-0.25, -0.2) is 24.7 Å². The van der Waals surface area contributed by atoms with E-state index in [2.05, 4.69) is 34.8 Å². The van der Waals surface area contributed by atoms with Crippen molar-refractivity contribution in [1.29, 1.82) is 0 Å². The molecule has 0 atom stereocenters. The molecule has 6 heterocycles. The zero-order valence-corrected chi connectivity index (χ0v) is 19.7. The van der Waals surface area contributed by atoms with E-state index in [9.17, 15) is 18.0 Å². The van der Waals surface area contributed by atoms with Gasteiger partial charge in [0.05, 0.1) is 5.52 Å². The minimum atomic E-state index is -4.51. The van der Waals surface area contributed by atoms with Crippen molar-refractivity contribution in [3.8, 4) is 11.4 Å². The van der Waals surface area contributed by atoms with Crippen LogP contribution in [0, 0.1) is 0 Å². The molecule has 1 aliphatic rings. The molecule has 0 bridgehead atoms. The van der Waals surface area contributed by atoms with Crippen molar-refractivity contribution >= 4 is 28.1 Å². The van der Waals surface area contributed by atoms with E-state index in [0.717, 1.165) is 37.7 Å². The van der Waals surface area contributed by atoms with Crippen LogP contribution < -0.4 is 10.6 Å². The van der Waals surface area contributed by atoms with Crippen LogP contribution in [-0.2, 0) is 12.7 Å². The molecular formula is C24H22F3N9O. The summed E-state index contributed by atoms with van der Waals surface area (Å²) in [6.45, 7) is 3.89. The number of piperidine rings is 1. The molecule has 5 aromatic rings. The molecule has 13 heteroatoms. The molecule has 1 aliphatic heterocycles. The van der Waals surface area contributed by atoms with Crippen LogP contribution >= 0.6 is 0 Å². The lowest BCUT2D eigenvalue weighted by atomic mass is 9.93. The van der Waals surface area contributed by atoms with Crippen molar-refractivity contribution < 1.29 is 13.2 Å². The third-order valence-corrected chi connectivity index (χ3v) is 6.75. The SMILES string of the molecule is CCn1c(-c2ccc(C(F)(F)F)nc2)nc2c(N3CCC(c4ccc5[nH]c(=O)[nH]c5n4)CC3)ncnc21. The summed E-state index contributed by atoms with van der Waals surface area (Å²) in [4.78, 5) is 41.0. The molecule has 10 nitrogen and oxygen atoms in total. The highest BCUT2D eigenvalue weighted by Gasteiger charge is 2.32. The summed E-state index contributed by atoms with van der Waals surface area (Å²) in [5.74, 6) is 1.42. The number of pyridine rings is 2. The summed E-state index contributed by atoms with van der Waals surface area (Å²) in [7, 11) is 0. The molecule has 1 fully saturated rings. The number of nitrogens with zero attached hydrogens (tertiary/aromatic N) is 7. The minimum Gasteiger partial charge on any atom is -0.355 e. The third kappa shape index (κ3) is 4.09. The van der Waals surface area contributed by atoms with Crippen molar-refractivity contribution in [3.05, 3.63) is 58.7 Å². The maximum absolute atomic E-state index is 13.0. The van der Waals surface area contributed by atoms with E-state index < -0.39 is 11.9 Å². The Morgan fingerprint density at radius 2 is 1.84 bits per heavy atom. The van der Waals surface area contributed by atoms with Crippen LogP contribution in [0.5, 0.6) is 0 Å². The van der Waals surface area contributed by atoms with E-state index in [-0.39, 0.29) is 11.6 Å². The first kappa shape index (κ1) is 23.1. The summed E-state index contributed by atoms with van der Waals surface area (Å²) >= 11 is 0. The first-order chi connectivity index (χ1) is 17.8. The highest BCUT2D eigenvalue weighted by molar-refractivity contribution is 5.87. The quantitative estimate of drug-likeness (QED) is 0.377. The lowest BCUT2D eigenvalue weighted by molar-refractivity contribution is -0.141. The van der Waals surface area contributed by atoms with E-state index in [1.54, 1.807) is 0 Å². The Morgan fingerprint density at radius 3 is 2.54 bits per heavy atom. The first-order valence-corrected chi connectivity index (χ1v) is 11.9. The smallest absolute Gasteiger partial charge is 0.355 e. The fraction of sp³-hybridized carbons (Fsp3) is 0.333. The molecular weight excluding hydrogens is 487 g/mol. The van der Waals surface area contributed by atoms with Gasteiger partial charge in [-0.05, 0) is 44.0 Å². The molecule has 0 radical (unpaired) electrons. The summed E-state index contributed by atoms with van der Waals surface area (Å²) in [5, 5.41) is 0. The molecule has 37 heavy (non-hydrogen) atoms. The minimum absolute atomic E-state index is 0.235. The van der Waals surface area contributed by atoms with Gasteiger partial charge in [0, 0.05) is 43.0 Å². The molecule has 5 aromatic heterocycles. The van der Waals surface area contributed by atoms with Crippen molar-refractivity contribution in [3.63, 3.8) is 0 Å². The van der Waals surface area contributed by atoms with Crippen LogP contribution in [0.3, 0.4) is 0 Å². The molecule has 0 saturated carbocycles. The Balaban J connectivity index is 1.28. The topological polar surface area (TPSA) is 121 Å². The van der Waals surface area contributed by atoms with E-state index in [1.807, 2.05) is 23.6 Å². The normalized spacial score (nSPS) is 15.2. The number of imidazole rings is 2. The first-order valence-electron chi connectivity index (χ1n) is 11.9. The summed E-state index contributed by atoms with van der Waals surface area (Å²) in [6.07, 6.45) is -0.152. The highest BCUT2D eigenvalue weighted by atomic mass is 19.4. The van der Waals surface area contributed by atoms with Crippen LogP contribution in [0.15, 0.2) is 41.6 Å². The van der Waals surface area contributed by atoms with Crippen LogP contribution in [0.2, 0.25) is 0 Å². The van der Waals surface area contributed by atoms with Gasteiger partial charge in [0.2, 0.25) is 0 Å². The lowest BCUT2D eigenvalue weighted by Gasteiger charge is -2.32. The monoisotopic (exact) mass is 509 g/mol. The average molecular weight is 509 g/mol. The Hall–Kier alpha value is -4.29. The molecule has 0 amide bonds. The van der Waals surface area contributed by atoms with Crippen LogP contribution in [-0.4, -0.2) is 52.5 Å². The number of rotatable bonds is 4. The van der Waals surface area contributed by atoms with Crippen molar-refractivity contribution in [2.24, 2.45) is 0 Å². The number of hydrogen-bond acceptors (Lipinski definition) is 7. The zero-order chi connectivity index (χ0) is 25.7. The second-order valence-electron chi connectivity index (χ2n) is 8.95. The molecule has 1 saturated heterocycles. The number of aromatic amines is 2. The predicted octanol–water partition coefficient (Wildman–Crippen LogP) is 3.88. The number of anilines is 1. The van der Waals surface area contributed by atoms with Crippen LogP contribution in [0.4, 0.5) is 19.0 Å². The molecule has 190 valence electrons. The van der Waals surface area contributed by atoms with E-state index >= 15 is 0 Å². The number of aromatic nitrogens is 8. The average Bonchev–Trinajstić information content (AvgIpc) is 3.47. The van der Waals surface area contributed by atoms with Gasteiger partial charge < -0.3 is 14.5 Å². The van der Waals surface area contributed by atoms with Gasteiger partial charge in [-0.15, -0.1) is 0 Å². The number of H-pyrrole nitrogens is 2. The fourth-order valence-corrected chi connectivity index (χ4v) is 4.92. The summed E-state index contributed by atoms with van der Waals surface area (Å²) in [6, 6.07) is 6.15.